The standard InChI is InChI=1S/C12H23N3O5/c1-4-9(7-10(16)17)15-12(19)14-8(2)11(18)13-5-6-20-3/h8-9H,4-7H2,1-3H3,(H,13,18)(H,16,17)(H2,14,15,19). The van der Waals surface area contributed by atoms with Gasteiger partial charge in [-0.2, -0.15) is 0 Å². The molecule has 0 aliphatic rings. The second-order valence-electron chi connectivity index (χ2n) is 4.33. The van der Waals surface area contributed by atoms with Gasteiger partial charge in [-0.25, -0.2) is 4.79 Å². The van der Waals surface area contributed by atoms with Crippen LogP contribution in [0.4, 0.5) is 4.79 Å². The predicted octanol–water partition coefficient (Wildman–Crippen LogP) is -0.310. The summed E-state index contributed by atoms with van der Waals surface area (Å²) in [5.41, 5.74) is 0. The first-order chi connectivity index (χ1) is 9.40. The highest BCUT2D eigenvalue weighted by Gasteiger charge is 2.18. The van der Waals surface area contributed by atoms with Crippen molar-refractivity contribution in [3.63, 3.8) is 0 Å². The molecule has 0 bridgehead atoms. The van der Waals surface area contributed by atoms with Crippen LogP contribution in [0.3, 0.4) is 0 Å². The van der Waals surface area contributed by atoms with E-state index in [9.17, 15) is 14.4 Å². The van der Waals surface area contributed by atoms with Gasteiger partial charge in [0.1, 0.15) is 6.04 Å². The number of urea groups is 1. The van der Waals surface area contributed by atoms with Crippen LogP contribution in [0.15, 0.2) is 0 Å². The van der Waals surface area contributed by atoms with Gasteiger partial charge in [0, 0.05) is 19.7 Å². The number of rotatable bonds is 9. The van der Waals surface area contributed by atoms with Crippen LogP contribution in [0.1, 0.15) is 26.7 Å². The van der Waals surface area contributed by atoms with E-state index in [1.54, 1.807) is 13.8 Å². The van der Waals surface area contributed by atoms with Crippen LogP contribution in [-0.4, -0.2) is 55.4 Å². The Morgan fingerprint density at radius 2 is 1.90 bits per heavy atom. The molecule has 0 aromatic carbocycles. The average Bonchev–Trinajstić information content (AvgIpc) is 2.37. The van der Waals surface area contributed by atoms with Crippen molar-refractivity contribution in [3.8, 4) is 0 Å². The highest BCUT2D eigenvalue weighted by atomic mass is 16.5. The molecule has 8 nitrogen and oxygen atoms in total. The molecule has 20 heavy (non-hydrogen) atoms. The van der Waals surface area contributed by atoms with Crippen LogP contribution in [0.25, 0.3) is 0 Å². The number of ether oxygens (including phenoxy) is 1. The van der Waals surface area contributed by atoms with Crippen LogP contribution >= 0.6 is 0 Å². The number of carbonyl (C=O) groups is 3. The Morgan fingerprint density at radius 1 is 1.25 bits per heavy atom. The third kappa shape index (κ3) is 8.30. The van der Waals surface area contributed by atoms with Crippen molar-refractivity contribution < 1.29 is 24.2 Å². The Bertz CT molecular complexity index is 335. The zero-order chi connectivity index (χ0) is 15.5. The molecule has 0 spiro atoms. The Balaban J connectivity index is 4.10. The third-order valence-corrected chi connectivity index (χ3v) is 2.60. The molecule has 8 heteroatoms. The van der Waals surface area contributed by atoms with E-state index < -0.39 is 24.1 Å². The molecule has 116 valence electrons. The van der Waals surface area contributed by atoms with Gasteiger partial charge in [0.05, 0.1) is 13.0 Å². The van der Waals surface area contributed by atoms with Gasteiger partial charge in [-0.15, -0.1) is 0 Å². The normalized spacial score (nSPS) is 13.2. The number of carboxylic acids is 1. The summed E-state index contributed by atoms with van der Waals surface area (Å²) in [6.07, 6.45) is 0.340. The summed E-state index contributed by atoms with van der Waals surface area (Å²) in [4.78, 5) is 33.8. The van der Waals surface area contributed by atoms with Crippen molar-refractivity contribution in [2.45, 2.75) is 38.8 Å². The molecular formula is C12H23N3O5. The summed E-state index contributed by atoms with van der Waals surface area (Å²) in [7, 11) is 1.52. The minimum absolute atomic E-state index is 0.154. The van der Waals surface area contributed by atoms with Gasteiger partial charge >= 0.3 is 12.0 Å². The van der Waals surface area contributed by atoms with Gasteiger partial charge in [-0.1, -0.05) is 6.92 Å². The summed E-state index contributed by atoms with van der Waals surface area (Å²) in [5.74, 6) is -1.31. The van der Waals surface area contributed by atoms with E-state index in [1.165, 1.54) is 7.11 Å². The Labute approximate surface area is 118 Å². The zero-order valence-corrected chi connectivity index (χ0v) is 12.1. The molecule has 0 fully saturated rings. The molecule has 0 aromatic heterocycles. The lowest BCUT2D eigenvalue weighted by Crippen LogP contribution is -2.51. The first kappa shape index (κ1) is 18.2. The summed E-state index contributed by atoms with van der Waals surface area (Å²) in [6, 6.07) is -1.74. The van der Waals surface area contributed by atoms with Gasteiger partial charge in [0.25, 0.3) is 0 Å². The molecule has 0 radical (unpaired) electrons. The molecule has 0 aliphatic heterocycles. The maximum absolute atomic E-state index is 11.6. The van der Waals surface area contributed by atoms with E-state index in [4.69, 9.17) is 9.84 Å². The molecule has 0 heterocycles. The third-order valence-electron chi connectivity index (χ3n) is 2.60. The lowest BCUT2D eigenvalue weighted by Gasteiger charge is -2.18. The van der Waals surface area contributed by atoms with E-state index in [-0.39, 0.29) is 12.3 Å². The van der Waals surface area contributed by atoms with Gasteiger partial charge in [-0.05, 0) is 13.3 Å². The monoisotopic (exact) mass is 289 g/mol. The molecule has 0 rings (SSSR count). The quantitative estimate of drug-likeness (QED) is 0.434. The average molecular weight is 289 g/mol. The molecule has 3 amide bonds. The number of carbonyl (C=O) groups excluding carboxylic acids is 2. The minimum Gasteiger partial charge on any atom is -0.481 e. The number of hydrogen-bond acceptors (Lipinski definition) is 4. The van der Waals surface area contributed by atoms with E-state index in [0.29, 0.717) is 19.6 Å². The molecule has 2 atom stereocenters. The number of aliphatic carboxylic acids is 1. The smallest absolute Gasteiger partial charge is 0.315 e. The number of hydrogen-bond donors (Lipinski definition) is 4. The lowest BCUT2D eigenvalue weighted by molar-refractivity contribution is -0.137. The molecule has 0 aliphatic carbocycles. The van der Waals surface area contributed by atoms with Gasteiger partial charge in [-0.3, -0.25) is 9.59 Å². The second-order valence-corrected chi connectivity index (χ2v) is 4.33. The number of methoxy groups -OCH3 is 1. The Morgan fingerprint density at radius 3 is 2.40 bits per heavy atom. The molecule has 0 aromatic rings. The van der Waals surface area contributed by atoms with E-state index in [0.717, 1.165) is 0 Å². The van der Waals surface area contributed by atoms with Crippen molar-refractivity contribution in [1.29, 1.82) is 0 Å². The molecule has 2 unspecified atom stereocenters. The van der Waals surface area contributed by atoms with Crippen molar-refractivity contribution in [3.05, 3.63) is 0 Å². The van der Waals surface area contributed by atoms with Crippen molar-refractivity contribution in [2.24, 2.45) is 0 Å². The van der Waals surface area contributed by atoms with E-state index in [2.05, 4.69) is 16.0 Å². The Kier molecular flexibility index (Phi) is 9.10. The molecule has 0 saturated heterocycles. The Hall–Kier alpha value is -1.83. The topological polar surface area (TPSA) is 117 Å². The summed E-state index contributed by atoms with van der Waals surface area (Å²) >= 11 is 0. The lowest BCUT2D eigenvalue weighted by atomic mass is 10.1. The van der Waals surface area contributed by atoms with Gasteiger partial charge < -0.3 is 25.8 Å². The molecule has 4 N–H and O–H groups in total. The number of nitrogens with one attached hydrogen (secondary N) is 3. The molecule has 0 saturated carbocycles. The van der Waals surface area contributed by atoms with Crippen LogP contribution in [0.5, 0.6) is 0 Å². The SMILES string of the molecule is CCC(CC(=O)O)NC(=O)NC(C)C(=O)NCCOC. The van der Waals surface area contributed by atoms with Crippen LogP contribution < -0.4 is 16.0 Å². The van der Waals surface area contributed by atoms with E-state index >= 15 is 0 Å². The highest BCUT2D eigenvalue weighted by molar-refractivity contribution is 5.86. The van der Waals surface area contributed by atoms with E-state index in [1.807, 2.05) is 0 Å². The van der Waals surface area contributed by atoms with Crippen molar-refractivity contribution in [1.82, 2.24) is 16.0 Å². The van der Waals surface area contributed by atoms with Crippen molar-refractivity contribution >= 4 is 17.9 Å². The fraction of sp³-hybridized carbons (Fsp3) is 0.750. The second kappa shape index (κ2) is 10.0. The maximum atomic E-state index is 11.6. The minimum atomic E-state index is -0.984. The number of carboxylic acid groups (broad SMARTS) is 1. The largest absolute Gasteiger partial charge is 0.481 e. The van der Waals surface area contributed by atoms with Crippen LogP contribution in [0.2, 0.25) is 0 Å². The summed E-state index contributed by atoms with van der Waals surface area (Å²) < 4.78 is 4.79. The van der Waals surface area contributed by atoms with Crippen molar-refractivity contribution in [2.75, 3.05) is 20.3 Å². The first-order valence-electron chi connectivity index (χ1n) is 6.46. The fourth-order valence-electron chi connectivity index (χ4n) is 1.43. The van der Waals surface area contributed by atoms with Gasteiger partial charge in [0.2, 0.25) is 5.91 Å². The zero-order valence-electron chi connectivity index (χ0n) is 12.1. The van der Waals surface area contributed by atoms with Crippen LogP contribution in [0, 0.1) is 0 Å². The highest BCUT2D eigenvalue weighted by Crippen LogP contribution is 1.97. The predicted molar refractivity (Wildman–Crippen MR) is 72.3 cm³/mol. The van der Waals surface area contributed by atoms with Gasteiger partial charge in [0.15, 0.2) is 0 Å². The molecular weight excluding hydrogens is 266 g/mol. The summed E-state index contributed by atoms with van der Waals surface area (Å²) in [5, 5.41) is 16.2. The summed E-state index contributed by atoms with van der Waals surface area (Å²) in [6.45, 7) is 4.06. The van der Waals surface area contributed by atoms with Crippen LogP contribution in [-0.2, 0) is 14.3 Å². The fourth-order valence-corrected chi connectivity index (χ4v) is 1.43. The first-order valence-corrected chi connectivity index (χ1v) is 6.46. The maximum Gasteiger partial charge on any atom is 0.315 e. The number of amides is 3.